The van der Waals surface area contributed by atoms with Gasteiger partial charge in [-0.2, -0.15) is 0 Å². The van der Waals surface area contributed by atoms with Gasteiger partial charge >= 0.3 is 5.97 Å². The largest absolute Gasteiger partial charge is 0.478 e. The number of hydrogen-bond acceptors (Lipinski definition) is 4. The molecule has 2 rings (SSSR count). The molecule has 0 bridgehead atoms. The molecule has 0 aliphatic carbocycles. The van der Waals surface area contributed by atoms with Crippen molar-refractivity contribution in [2.24, 2.45) is 0 Å². The van der Waals surface area contributed by atoms with E-state index >= 15 is 0 Å². The standard InChI is InChI=1S/C11H6BrClN2O2S/c12-6-1-2-8(10(16)17)9(3-6)18-11-14-4-7(13)5-15-11/h1-5H,(H,16,17). The summed E-state index contributed by atoms with van der Waals surface area (Å²) >= 11 is 10.2. The molecule has 0 saturated heterocycles. The number of hydrogen-bond donors (Lipinski definition) is 1. The van der Waals surface area contributed by atoms with Gasteiger partial charge in [0.1, 0.15) is 0 Å². The van der Waals surface area contributed by atoms with Crippen molar-refractivity contribution >= 4 is 45.3 Å². The molecule has 1 heterocycles. The van der Waals surface area contributed by atoms with E-state index in [1.807, 2.05) is 0 Å². The molecular weight excluding hydrogens is 340 g/mol. The first-order valence-corrected chi connectivity index (χ1v) is 6.73. The molecule has 1 aromatic heterocycles. The average molecular weight is 346 g/mol. The zero-order chi connectivity index (χ0) is 13.1. The Morgan fingerprint density at radius 2 is 2.00 bits per heavy atom. The maximum absolute atomic E-state index is 11.1. The van der Waals surface area contributed by atoms with Gasteiger partial charge in [0.2, 0.25) is 0 Å². The number of carboxylic acid groups (broad SMARTS) is 1. The number of halogens is 2. The SMILES string of the molecule is O=C(O)c1ccc(Br)cc1Sc1ncc(Cl)cn1. The highest BCUT2D eigenvalue weighted by molar-refractivity contribution is 9.10. The Bertz CT molecular complexity index is 592. The third-order valence-corrected chi connectivity index (χ3v) is 3.61. The Balaban J connectivity index is 2.35. The molecular formula is C11H6BrClN2O2S. The Hall–Kier alpha value is -1.11. The van der Waals surface area contributed by atoms with Crippen LogP contribution in [-0.2, 0) is 0 Å². The number of rotatable bonds is 3. The van der Waals surface area contributed by atoms with E-state index < -0.39 is 5.97 Å². The fourth-order valence-corrected chi connectivity index (χ4v) is 2.68. The lowest BCUT2D eigenvalue weighted by atomic mass is 10.2. The number of benzene rings is 1. The van der Waals surface area contributed by atoms with Crippen LogP contribution in [0.3, 0.4) is 0 Å². The molecule has 1 N–H and O–H groups in total. The molecule has 4 nitrogen and oxygen atoms in total. The van der Waals surface area contributed by atoms with Crippen molar-refractivity contribution in [1.82, 2.24) is 9.97 Å². The monoisotopic (exact) mass is 344 g/mol. The zero-order valence-corrected chi connectivity index (χ0v) is 12.0. The lowest BCUT2D eigenvalue weighted by Gasteiger charge is -2.05. The van der Waals surface area contributed by atoms with Crippen LogP contribution < -0.4 is 0 Å². The number of aromatic carboxylic acids is 1. The van der Waals surface area contributed by atoms with Crippen LogP contribution in [0.1, 0.15) is 10.4 Å². The van der Waals surface area contributed by atoms with E-state index in [1.165, 1.54) is 30.2 Å². The van der Waals surface area contributed by atoms with Crippen molar-refractivity contribution in [2.75, 3.05) is 0 Å². The van der Waals surface area contributed by atoms with Crippen LogP contribution in [0.15, 0.2) is 45.1 Å². The second kappa shape index (κ2) is 5.69. The van der Waals surface area contributed by atoms with Crippen molar-refractivity contribution in [1.29, 1.82) is 0 Å². The van der Waals surface area contributed by atoms with E-state index in [9.17, 15) is 4.79 Å². The van der Waals surface area contributed by atoms with Crippen LogP contribution in [-0.4, -0.2) is 21.0 Å². The van der Waals surface area contributed by atoms with Crippen LogP contribution in [0.5, 0.6) is 0 Å². The van der Waals surface area contributed by atoms with Crippen molar-refractivity contribution in [2.45, 2.75) is 10.1 Å². The normalized spacial score (nSPS) is 10.3. The maximum atomic E-state index is 11.1. The number of carboxylic acids is 1. The van der Waals surface area contributed by atoms with E-state index in [0.717, 1.165) is 4.47 Å². The van der Waals surface area contributed by atoms with Gasteiger partial charge < -0.3 is 5.11 Å². The average Bonchev–Trinajstić information content (AvgIpc) is 2.32. The second-order valence-electron chi connectivity index (χ2n) is 3.23. The van der Waals surface area contributed by atoms with Crippen molar-refractivity contribution in [3.8, 4) is 0 Å². The summed E-state index contributed by atoms with van der Waals surface area (Å²) in [6, 6.07) is 4.92. The topological polar surface area (TPSA) is 63.1 Å². The fraction of sp³-hybridized carbons (Fsp3) is 0. The highest BCUT2D eigenvalue weighted by Gasteiger charge is 2.12. The van der Waals surface area contributed by atoms with Gasteiger partial charge in [0.15, 0.2) is 5.16 Å². The van der Waals surface area contributed by atoms with E-state index in [1.54, 1.807) is 12.1 Å². The van der Waals surface area contributed by atoms with Gasteiger partial charge in [0.05, 0.1) is 23.0 Å². The van der Waals surface area contributed by atoms with Crippen molar-refractivity contribution < 1.29 is 9.90 Å². The molecule has 7 heteroatoms. The molecule has 0 spiro atoms. The van der Waals surface area contributed by atoms with E-state index in [0.29, 0.717) is 15.1 Å². The van der Waals surface area contributed by atoms with Crippen molar-refractivity contribution in [3.05, 3.63) is 45.7 Å². The molecule has 2 aromatic rings. The summed E-state index contributed by atoms with van der Waals surface area (Å²) in [5.74, 6) is -0.987. The fourth-order valence-electron chi connectivity index (χ4n) is 1.21. The molecule has 0 fully saturated rings. The minimum atomic E-state index is -0.987. The summed E-state index contributed by atoms with van der Waals surface area (Å²) in [4.78, 5) is 19.7. The molecule has 0 unspecified atom stereocenters. The van der Waals surface area contributed by atoms with Gasteiger partial charge in [-0.3, -0.25) is 0 Å². The summed E-state index contributed by atoms with van der Waals surface area (Å²) in [7, 11) is 0. The summed E-state index contributed by atoms with van der Waals surface area (Å²) in [5.41, 5.74) is 0.210. The molecule has 0 amide bonds. The summed E-state index contributed by atoms with van der Waals surface area (Å²) in [6.07, 6.45) is 2.94. The number of carbonyl (C=O) groups is 1. The van der Waals surface area contributed by atoms with Gasteiger partial charge in [0.25, 0.3) is 0 Å². The van der Waals surface area contributed by atoms with Gasteiger partial charge in [-0.1, -0.05) is 27.5 Å². The van der Waals surface area contributed by atoms with Crippen LogP contribution in [0.2, 0.25) is 5.02 Å². The van der Waals surface area contributed by atoms with Crippen molar-refractivity contribution in [3.63, 3.8) is 0 Å². The number of nitrogens with zero attached hydrogens (tertiary/aromatic N) is 2. The Morgan fingerprint density at radius 3 is 2.61 bits per heavy atom. The highest BCUT2D eigenvalue weighted by atomic mass is 79.9. The minimum absolute atomic E-state index is 0.210. The third-order valence-electron chi connectivity index (χ3n) is 1.97. The molecule has 0 aliphatic rings. The zero-order valence-electron chi connectivity index (χ0n) is 8.80. The quantitative estimate of drug-likeness (QED) is 0.859. The van der Waals surface area contributed by atoms with Crippen LogP contribution in [0.25, 0.3) is 0 Å². The van der Waals surface area contributed by atoms with E-state index in [-0.39, 0.29) is 5.56 Å². The Labute approximate surface area is 121 Å². The smallest absolute Gasteiger partial charge is 0.336 e. The second-order valence-corrected chi connectivity index (χ2v) is 5.59. The van der Waals surface area contributed by atoms with Gasteiger partial charge in [-0.25, -0.2) is 14.8 Å². The summed E-state index contributed by atoms with van der Waals surface area (Å²) in [5, 5.41) is 9.97. The molecule has 0 radical (unpaired) electrons. The Morgan fingerprint density at radius 1 is 1.33 bits per heavy atom. The molecule has 0 aliphatic heterocycles. The van der Waals surface area contributed by atoms with E-state index in [4.69, 9.17) is 16.7 Å². The Kier molecular flexibility index (Phi) is 4.21. The minimum Gasteiger partial charge on any atom is -0.478 e. The molecule has 1 aromatic carbocycles. The molecule has 0 atom stereocenters. The molecule has 92 valence electrons. The first-order chi connectivity index (χ1) is 8.56. The lowest BCUT2D eigenvalue weighted by molar-refractivity contribution is 0.0693. The lowest BCUT2D eigenvalue weighted by Crippen LogP contribution is -1.99. The summed E-state index contributed by atoms with van der Waals surface area (Å²) in [6.45, 7) is 0. The maximum Gasteiger partial charge on any atom is 0.336 e. The molecule has 0 saturated carbocycles. The predicted octanol–water partition coefficient (Wildman–Crippen LogP) is 3.74. The van der Waals surface area contributed by atoms with E-state index in [2.05, 4.69) is 25.9 Å². The predicted molar refractivity (Wildman–Crippen MR) is 72.3 cm³/mol. The van der Waals surface area contributed by atoms with Crippen LogP contribution in [0.4, 0.5) is 0 Å². The number of aromatic nitrogens is 2. The van der Waals surface area contributed by atoms with Gasteiger partial charge in [-0.15, -0.1) is 0 Å². The van der Waals surface area contributed by atoms with Crippen LogP contribution >= 0.6 is 39.3 Å². The van der Waals surface area contributed by atoms with Gasteiger partial charge in [-0.05, 0) is 30.0 Å². The first-order valence-electron chi connectivity index (χ1n) is 4.74. The highest BCUT2D eigenvalue weighted by Crippen LogP contribution is 2.30. The summed E-state index contributed by atoms with van der Waals surface area (Å²) < 4.78 is 0.795. The van der Waals surface area contributed by atoms with Crippen LogP contribution in [0, 0.1) is 0 Å². The molecule has 18 heavy (non-hydrogen) atoms. The van der Waals surface area contributed by atoms with Gasteiger partial charge in [0, 0.05) is 9.37 Å². The third kappa shape index (κ3) is 3.22. The first kappa shape index (κ1) is 13.3.